The predicted octanol–water partition coefficient (Wildman–Crippen LogP) is 0.316. The van der Waals surface area contributed by atoms with Crippen LogP contribution in [0, 0.1) is 5.92 Å². The lowest BCUT2D eigenvalue weighted by atomic mass is 9.75. The molecule has 0 aliphatic carbocycles. The fraction of sp³-hybridized carbons (Fsp3) is 1.00. The molecular weight excluding hydrogens is 226 g/mol. The van der Waals surface area contributed by atoms with E-state index in [0.717, 1.165) is 25.8 Å². The summed E-state index contributed by atoms with van der Waals surface area (Å²) < 4.78 is 22.8. The number of piperidine rings is 1. The SMILES string of the molecule is O=S1(=O)CCC(C2(CO)CCCCN2)CC1. The van der Waals surface area contributed by atoms with Crippen LogP contribution in [-0.4, -0.2) is 43.7 Å². The summed E-state index contributed by atoms with van der Waals surface area (Å²) in [6, 6.07) is 0. The van der Waals surface area contributed by atoms with Crippen molar-refractivity contribution in [1.82, 2.24) is 5.32 Å². The largest absolute Gasteiger partial charge is 0.394 e. The van der Waals surface area contributed by atoms with Gasteiger partial charge in [-0.2, -0.15) is 0 Å². The minimum Gasteiger partial charge on any atom is -0.394 e. The quantitative estimate of drug-likeness (QED) is 0.737. The van der Waals surface area contributed by atoms with E-state index in [1.54, 1.807) is 0 Å². The Hall–Kier alpha value is -0.130. The first-order valence-electron chi connectivity index (χ1n) is 6.14. The molecule has 2 N–H and O–H groups in total. The van der Waals surface area contributed by atoms with Crippen molar-refractivity contribution in [3.63, 3.8) is 0 Å². The molecule has 5 heteroatoms. The van der Waals surface area contributed by atoms with Crippen LogP contribution < -0.4 is 5.32 Å². The van der Waals surface area contributed by atoms with E-state index in [2.05, 4.69) is 5.32 Å². The molecule has 2 fully saturated rings. The number of rotatable bonds is 2. The molecular formula is C11H21NO3S. The van der Waals surface area contributed by atoms with Gasteiger partial charge in [0.1, 0.15) is 9.84 Å². The fourth-order valence-electron chi connectivity index (χ4n) is 3.05. The van der Waals surface area contributed by atoms with Crippen LogP contribution in [0.5, 0.6) is 0 Å². The number of hydrogen-bond acceptors (Lipinski definition) is 4. The van der Waals surface area contributed by atoms with Gasteiger partial charge in [-0.15, -0.1) is 0 Å². The third-order valence-corrected chi connectivity index (χ3v) is 5.86. The molecule has 2 aliphatic rings. The zero-order chi connectivity index (χ0) is 11.6. The van der Waals surface area contributed by atoms with E-state index in [4.69, 9.17) is 0 Å². The second-order valence-electron chi connectivity index (χ2n) is 5.12. The number of aliphatic hydroxyl groups excluding tert-OH is 1. The topological polar surface area (TPSA) is 66.4 Å². The Morgan fingerprint density at radius 3 is 2.44 bits per heavy atom. The maximum absolute atomic E-state index is 11.4. The second kappa shape index (κ2) is 4.63. The van der Waals surface area contributed by atoms with Crippen molar-refractivity contribution in [2.45, 2.75) is 37.6 Å². The first kappa shape index (κ1) is 12.3. The number of aliphatic hydroxyl groups is 1. The van der Waals surface area contributed by atoms with Crippen molar-refractivity contribution in [3.05, 3.63) is 0 Å². The summed E-state index contributed by atoms with van der Waals surface area (Å²) in [4.78, 5) is 0. The van der Waals surface area contributed by atoms with E-state index in [-0.39, 0.29) is 12.1 Å². The highest BCUT2D eigenvalue weighted by Crippen LogP contribution is 2.34. The smallest absolute Gasteiger partial charge is 0.150 e. The molecule has 0 radical (unpaired) electrons. The van der Waals surface area contributed by atoms with Crippen molar-refractivity contribution in [3.8, 4) is 0 Å². The Bertz CT molecular complexity index is 319. The predicted molar refractivity (Wildman–Crippen MR) is 63.0 cm³/mol. The molecule has 16 heavy (non-hydrogen) atoms. The highest BCUT2D eigenvalue weighted by atomic mass is 32.2. The molecule has 2 aliphatic heterocycles. The van der Waals surface area contributed by atoms with E-state index in [1.165, 1.54) is 0 Å². The fourth-order valence-corrected chi connectivity index (χ4v) is 4.54. The van der Waals surface area contributed by atoms with Gasteiger partial charge >= 0.3 is 0 Å². The summed E-state index contributed by atoms with van der Waals surface area (Å²) in [7, 11) is -2.80. The standard InChI is InChI=1S/C11H21NO3S/c13-9-11(5-1-2-6-12-11)10-3-7-16(14,15)8-4-10/h10,12-13H,1-9H2. The minimum absolute atomic E-state index is 0.137. The van der Waals surface area contributed by atoms with Gasteiger partial charge in [-0.1, -0.05) is 6.42 Å². The van der Waals surface area contributed by atoms with Crippen LogP contribution in [0.15, 0.2) is 0 Å². The Morgan fingerprint density at radius 1 is 1.25 bits per heavy atom. The van der Waals surface area contributed by atoms with Gasteiger partial charge in [0, 0.05) is 5.54 Å². The minimum atomic E-state index is -2.80. The molecule has 1 atom stereocenters. The summed E-state index contributed by atoms with van der Waals surface area (Å²) in [6.07, 6.45) is 4.68. The number of hydrogen-bond donors (Lipinski definition) is 2. The Labute approximate surface area is 97.3 Å². The molecule has 0 aromatic heterocycles. The molecule has 0 aromatic rings. The van der Waals surface area contributed by atoms with Crippen LogP contribution in [0.4, 0.5) is 0 Å². The van der Waals surface area contributed by atoms with Gasteiger partial charge < -0.3 is 10.4 Å². The van der Waals surface area contributed by atoms with E-state index in [0.29, 0.717) is 30.3 Å². The zero-order valence-electron chi connectivity index (χ0n) is 9.61. The second-order valence-corrected chi connectivity index (χ2v) is 7.43. The van der Waals surface area contributed by atoms with Crippen molar-refractivity contribution in [2.24, 2.45) is 5.92 Å². The molecule has 2 heterocycles. The molecule has 0 bridgehead atoms. The molecule has 0 spiro atoms. The highest BCUT2D eigenvalue weighted by molar-refractivity contribution is 7.91. The molecule has 4 nitrogen and oxygen atoms in total. The average molecular weight is 247 g/mol. The van der Waals surface area contributed by atoms with E-state index < -0.39 is 9.84 Å². The van der Waals surface area contributed by atoms with Crippen LogP contribution in [0.1, 0.15) is 32.1 Å². The first-order chi connectivity index (χ1) is 7.58. The third-order valence-electron chi connectivity index (χ3n) is 4.14. The van der Waals surface area contributed by atoms with Gasteiger partial charge in [0.05, 0.1) is 18.1 Å². The summed E-state index contributed by atoms with van der Waals surface area (Å²) in [6.45, 7) is 1.08. The summed E-state index contributed by atoms with van der Waals surface area (Å²) in [5, 5.41) is 13.0. The van der Waals surface area contributed by atoms with Crippen molar-refractivity contribution in [1.29, 1.82) is 0 Å². The van der Waals surface area contributed by atoms with Crippen LogP contribution in [0.2, 0.25) is 0 Å². The molecule has 1 unspecified atom stereocenters. The summed E-state index contributed by atoms with van der Waals surface area (Å²) >= 11 is 0. The van der Waals surface area contributed by atoms with Crippen molar-refractivity contribution < 1.29 is 13.5 Å². The number of nitrogens with one attached hydrogen (secondary N) is 1. The van der Waals surface area contributed by atoms with Crippen molar-refractivity contribution >= 4 is 9.84 Å². The normalized spacial score (nSPS) is 36.1. The van der Waals surface area contributed by atoms with Crippen LogP contribution >= 0.6 is 0 Å². The Balaban J connectivity index is 2.05. The van der Waals surface area contributed by atoms with Gasteiger partial charge in [0.15, 0.2) is 0 Å². The number of sulfone groups is 1. The molecule has 0 amide bonds. The molecule has 94 valence electrons. The van der Waals surface area contributed by atoms with Gasteiger partial charge in [0.2, 0.25) is 0 Å². The van der Waals surface area contributed by atoms with E-state index >= 15 is 0 Å². The lowest BCUT2D eigenvalue weighted by Gasteiger charge is -2.44. The van der Waals surface area contributed by atoms with Gasteiger partial charge in [0.25, 0.3) is 0 Å². The zero-order valence-corrected chi connectivity index (χ0v) is 10.4. The molecule has 0 saturated carbocycles. The van der Waals surface area contributed by atoms with Crippen molar-refractivity contribution in [2.75, 3.05) is 24.7 Å². The molecule has 2 rings (SSSR count). The average Bonchev–Trinajstić information content (AvgIpc) is 2.30. The lowest BCUT2D eigenvalue weighted by molar-refractivity contribution is 0.0714. The maximum Gasteiger partial charge on any atom is 0.150 e. The van der Waals surface area contributed by atoms with E-state index in [1.807, 2.05) is 0 Å². The Morgan fingerprint density at radius 2 is 1.94 bits per heavy atom. The summed E-state index contributed by atoms with van der Waals surface area (Å²) in [5.41, 5.74) is -0.200. The van der Waals surface area contributed by atoms with Crippen LogP contribution in [0.25, 0.3) is 0 Å². The van der Waals surface area contributed by atoms with Gasteiger partial charge in [-0.05, 0) is 38.1 Å². The maximum atomic E-state index is 11.4. The highest BCUT2D eigenvalue weighted by Gasteiger charge is 2.41. The van der Waals surface area contributed by atoms with E-state index in [9.17, 15) is 13.5 Å². The van der Waals surface area contributed by atoms with Crippen LogP contribution in [-0.2, 0) is 9.84 Å². The van der Waals surface area contributed by atoms with Gasteiger partial charge in [-0.25, -0.2) is 8.42 Å². The first-order valence-corrected chi connectivity index (χ1v) is 7.96. The monoisotopic (exact) mass is 247 g/mol. The summed E-state index contributed by atoms with van der Waals surface area (Å²) in [5.74, 6) is 0.906. The Kier molecular flexibility index (Phi) is 3.56. The molecule has 2 saturated heterocycles. The molecule has 0 aromatic carbocycles. The third kappa shape index (κ3) is 2.41. The lowest BCUT2D eigenvalue weighted by Crippen LogP contribution is -2.58. The van der Waals surface area contributed by atoms with Gasteiger partial charge in [-0.3, -0.25) is 0 Å². The van der Waals surface area contributed by atoms with Crippen LogP contribution in [0.3, 0.4) is 0 Å².